The molecule has 0 saturated heterocycles. The van der Waals surface area contributed by atoms with Crippen LogP contribution in [0.15, 0.2) is 0 Å². The van der Waals surface area contributed by atoms with E-state index in [-0.39, 0.29) is 18.3 Å². The molecule has 0 rings (SSSR count). The van der Waals surface area contributed by atoms with Crippen LogP contribution in [0.1, 0.15) is 74.1 Å². The first-order chi connectivity index (χ1) is 14.8. The minimum atomic E-state index is -3.27. The van der Waals surface area contributed by atoms with E-state index in [2.05, 4.69) is 10.6 Å². The molecule has 0 radical (unpaired) electrons. The molecule has 0 aliphatic heterocycles. The molecular formula is C22H47N2O7P. The molecule has 0 aromatic carbocycles. The van der Waals surface area contributed by atoms with Gasteiger partial charge in [0.05, 0.1) is 25.9 Å². The number of ether oxygens (including phenoxy) is 2. The molecular weight excluding hydrogens is 435 g/mol. The van der Waals surface area contributed by atoms with Crippen molar-refractivity contribution in [2.75, 3.05) is 45.8 Å². The van der Waals surface area contributed by atoms with E-state index in [9.17, 15) is 14.5 Å². The van der Waals surface area contributed by atoms with Crippen molar-refractivity contribution < 1.29 is 33.0 Å². The molecule has 0 spiro atoms. The van der Waals surface area contributed by atoms with Gasteiger partial charge in [-0.3, -0.25) is 4.57 Å². The van der Waals surface area contributed by atoms with E-state index in [0.717, 1.165) is 25.7 Å². The molecule has 1 amide bonds. The summed E-state index contributed by atoms with van der Waals surface area (Å²) in [7, 11) is -3.27. The number of carbonyl (C=O) groups excluding carboxylic acids is 1. The molecule has 0 saturated carbocycles. The molecule has 9 nitrogen and oxygen atoms in total. The van der Waals surface area contributed by atoms with Crippen LogP contribution in [0.3, 0.4) is 0 Å². The van der Waals surface area contributed by atoms with Gasteiger partial charge in [-0.05, 0) is 33.6 Å². The fourth-order valence-corrected chi connectivity index (χ4v) is 3.81. The predicted octanol–water partition coefficient (Wildman–Crippen LogP) is 4.29. The van der Waals surface area contributed by atoms with Gasteiger partial charge in [-0.1, -0.05) is 40.5 Å². The zero-order chi connectivity index (χ0) is 24.7. The largest absolute Gasteiger partial charge is 0.444 e. The van der Waals surface area contributed by atoms with Crippen LogP contribution >= 0.6 is 7.60 Å². The quantitative estimate of drug-likeness (QED) is 0.196. The molecule has 0 aromatic heterocycles. The number of alkyl carbamates (subject to hydrolysis) is 1. The minimum Gasteiger partial charge on any atom is -0.444 e. The first-order valence-electron chi connectivity index (χ1n) is 11.6. The Hall–Kier alpha value is -0.700. The summed E-state index contributed by atoms with van der Waals surface area (Å²) in [4.78, 5) is 11.6. The van der Waals surface area contributed by atoms with Crippen molar-refractivity contribution >= 4 is 13.7 Å². The monoisotopic (exact) mass is 482 g/mol. The van der Waals surface area contributed by atoms with Crippen LogP contribution in [-0.4, -0.2) is 68.7 Å². The molecule has 0 bridgehead atoms. The first kappa shape index (κ1) is 31.3. The van der Waals surface area contributed by atoms with Crippen molar-refractivity contribution in [2.45, 2.75) is 85.9 Å². The Balaban J connectivity index is 4.29. The number of rotatable bonds is 18. The van der Waals surface area contributed by atoms with Crippen LogP contribution in [0, 0.1) is 5.41 Å². The van der Waals surface area contributed by atoms with Crippen molar-refractivity contribution in [3.05, 3.63) is 0 Å². The fraction of sp³-hybridized carbons (Fsp3) is 0.955. The summed E-state index contributed by atoms with van der Waals surface area (Å²) < 4.78 is 34.8. The summed E-state index contributed by atoms with van der Waals surface area (Å²) in [6, 6.07) is 0. The summed E-state index contributed by atoms with van der Waals surface area (Å²) in [6.07, 6.45) is 2.16. The molecule has 0 aromatic rings. The van der Waals surface area contributed by atoms with E-state index < -0.39 is 25.4 Å². The lowest BCUT2D eigenvalue weighted by Crippen LogP contribution is -2.42. The van der Waals surface area contributed by atoms with Crippen LogP contribution in [0.4, 0.5) is 4.79 Å². The number of aliphatic hydroxyl groups excluding tert-OH is 1. The van der Waals surface area contributed by atoms with Gasteiger partial charge in [0.15, 0.2) is 0 Å². The summed E-state index contributed by atoms with van der Waals surface area (Å²) in [5.41, 5.74) is -0.848. The number of nitrogens with one attached hydrogen (secondary N) is 2. The van der Waals surface area contributed by atoms with Gasteiger partial charge in [0, 0.05) is 25.0 Å². The smallest absolute Gasteiger partial charge is 0.407 e. The molecule has 0 heterocycles. The maximum absolute atomic E-state index is 12.9. The highest BCUT2D eigenvalue weighted by atomic mass is 31.2. The standard InChI is InChI=1S/C22H47N2O7P/c1-8-10-12-29-32(27,30-13-11-9-2)18-28-17-22(6,7)16-23-14-19(25)15-24-20(26)31-21(3,4)5/h19,23,25H,8-18H2,1-7H3,(H,24,26)/t19-/m1/s1. The van der Waals surface area contributed by atoms with E-state index in [0.29, 0.717) is 32.9 Å². The van der Waals surface area contributed by atoms with Crippen LogP contribution in [0.2, 0.25) is 0 Å². The van der Waals surface area contributed by atoms with Crippen molar-refractivity contribution in [1.29, 1.82) is 0 Å². The molecule has 3 N–H and O–H groups in total. The number of amides is 1. The Morgan fingerprint density at radius 3 is 2.06 bits per heavy atom. The van der Waals surface area contributed by atoms with E-state index in [1.54, 1.807) is 20.8 Å². The predicted molar refractivity (Wildman–Crippen MR) is 127 cm³/mol. The zero-order valence-corrected chi connectivity index (χ0v) is 22.1. The molecule has 0 unspecified atom stereocenters. The van der Waals surface area contributed by atoms with Crippen LogP contribution < -0.4 is 10.6 Å². The Morgan fingerprint density at radius 2 is 1.56 bits per heavy atom. The van der Waals surface area contributed by atoms with Crippen molar-refractivity contribution in [1.82, 2.24) is 10.6 Å². The average Bonchev–Trinajstić information content (AvgIpc) is 2.65. The highest BCUT2D eigenvalue weighted by Gasteiger charge is 2.27. The Bertz CT molecular complexity index is 539. The van der Waals surface area contributed by atoms with E-state index >= 15 is 0 Å². The first-order valence-corrected chi connectivity index (χ1v) is 13.4. The van der Waals surface area contributed by atoms with E-state index in [4.69, 9.17) is 18.5 Å². The summed E-state index contributed by atoms with van der Waals surface area (Å²) in [6.45, 7) is 15.5. The molecule has 1 atom stereocenters. The lowest BCUT2D eigenvalue weighted by molar-refractivity contribution is 0.0484. The minimum absolute atomic E-state index is 0.0771. The Kier molecular flexibility index (Phi) is 15.7. The molecule has 32 heavy (non-hydrogen) atoms. The molecule has 0 aliphatic rings. The third-order valence-corrected chi connectivity index (χ3v) is 5.83. The lowest BCUT2D eigenvalue weighted by Gasteiger charge is -2.27. The number of carbonyl (C=O) groups is 1. The second-order valence-corrected chi connectivity index (χ2v) is 11.8. The average molecular weight is 483 g/mol. The molecule has 10 heteroatoms. The van der Waals surface area contributed by atoms with Gasteiger partial charge in [0.2, 0.25) is 0 Å². The number of hydrogen-bond acceptors (Lipinski definition) is 8. The van der Waals surface area contributed by atoms with Crippen molar-refractivity contribution in [3.8, 4) is 0 Å². The number of hydrogen-bond donors (Lipinski definition) is 3. The lowest BCUT2D eigenvalue weighted by atomic mass is 9.95. The second kappa shape index (κ2) is 16.0. The second-order valence-electron chi connectivity index (χ2n) is 9.79. The molecule has 0 fully saturated rings. The van der Waals surface area contributed by atoms with Gasteiger partial charge in [-0.2, -0.15) is 0 Å². The van der Waals surface area contributed by atoms with Gasteiger partial charge in [-0.25, -0.2) is 4.79 Å². The van der Waals surface area contributed by atoms with Crippen LogP contribution in [-0.2, 0) is 23.1 Å². The van der Waals surface area contributed by atoms with Crippen molar-refractivity contribution in [2.24, 2.45) is 5.41 Å². The zero-order valence-electron chi connectivity index (χ0n) is 21.2. The number of aliphatic hydroxyl groups is 1. The van der Waals surface area contributed by atoms with Crippen LogP contribution in [0.25, 0.3) is 0 Å². The van der Waals surface area contributed by atoms with Gasteiger partial charge in [0.1, 0.15) is 11.9 Å². The molecule has 192 valence electrons. The SMILES string of the molecule is CCCCOP(=O)(COCC(C)(C)CNC[C@@H](O)CNC(=O)OC(C)(C)C)OCCCC. The van der Waals surface area contributed by atoms with Gasteiger partial charge >= 0.3 is 13.7 Å². The van der Waals surface area contributed by atoms with Gasteiger partial charge in [0.25, 0.3) is 0 Å². The van der Waals surface area contributed by atoms with Crippen LogP contribution in [0.5, 0.6) is 0 Å². The fourth-order valence-electron chi connectivity index (χ4n) is 2.46. The molecule has 0 aliphatic carbocycles. The van der Waals surface area contributed by atoms with Gasteiger partial charge in [-0.15, -0.1) is 0 Å². The third-order valence-electron chi connectivity index (χ3n) is 4.18. The highest BCUT2D eigenvalue weighted by molar-refractivity contribution is 7.53. The maximum atomic E-state index is 12.9. The maximum Gasteiger partial charge on any atom is 0.407 e. The summed E-state index contributed by atoms with van der Waals surface area (Å²) >= 11 is 0. The number of unbranched alkanes of at least 4 members (excludes halogenated alkanes) is 2. The third kappa shape index (κ3) is 17.8. The summed E-state index contributed by atoms with van der Waals surface area (Å²) in [5.74, 6) is 0. The topological polar surface area (TPSA) is 115 Å². The normalized spacial score (nSPS) is 13.8. The van der Waals surface area contributed by atoms with Crippen molar-refractivity contribution in [3.63, 3.8) is 0 Å². The van der Waals surface area contributed by atoms with E-state index in [1.165, 1.54) is 0 Å². The Morgan fingerprint density at radius 1 is 1.00 bits per heavy atom. The van der Waals surface area contributed by atoms with E-state index in [1.807, 2.05) is 27.7 Å². The Labute approximate surface area is 194 Å². The highest BCUT2D eigenvalue weighted by Crippen LogP contribution is 2.48. The summed E-state index contributed by atoms with van der Waals surface area (Å²) in [5, 5.41) is 15.8. The van der Waals surface area contributed by atoms with Gasteiger partial charge < -0.3 is 34.3 Å².